The van der Waals surface area contributed by atoms with E-state index in [1.54, 1.807) is 37.4 Å². The van der Waals surface area contributed by atoms with Gasteiger partial charge in [-0.3, -0.25) is 9.59 Å². The van der Waals surface area contributed by atoms with Gasteiger partial charge in [-0.2, -0.15) is 0 Å². The Labute approximate surface area is 133 Å². The number of rotatable bonds is 6. The Bertz CT molecular complexity index is 686. The summed E-state index contributed by atoms with van der Waals surface area (Å²) < 4.78 is 18.0. The summed E-state index contributed by atoms with van der Waals surface area (Å²) in [6.45, 7) is -0.153. The van der Waals surface area contributed by atoms with Crippen LogP contribution in [-0.4, -0.2) is 25.5 Å². The molecule has 0 atom stereocenters. The SMILES string of the molecule is COc1ccc(NC(=O)CNC(=O)Cc2cccc(F)c2)cc1. The molecule has 0 bridgehead atoms. The standard InChI is InChI=1S/C17H17FN2O3/c1-23-15-7-5-14(6-8-15)20-17(22)11-19-16(21)10-12-3-2-4-13(18)9-12/h2-9H,10-11H2,1H3,(H,19,21)(H,20,22). The number of ether oxygens (including phenoxy) is 1. The number of carbonyl (C=O) groups excluding carboxylic acids is 2. The molecule has 2 aromatic carbocycles. The predicted octanol–water partition coefficient (Wildman–Crippen LogP) is 2.13. The molecular formula is C17H17FN2O3. The maximum absolute atomic E-state index is 13.0. The molecule has 0 aliphatic heterocycles. The van der Waals surface area contributed by atoms with Crippen molar-refractivity contribution in [2.45, 2.75) is 6.42 Å². The Morgan fingerprint density at radius 2 is 1.83 bits per heavy atom. The molecule has 2 amide bonds. The second-order valence-electron chi connectivity index (χ2n) is 4.86. The molecule has 0 aromatic heterocycles. The van der Waals surface area contributed by atoms with Gasteiger partial charge < -0.3 is 15.4 Å². The number of methoxy groups -OCH3 is 1. The van der Waals surface area contributed by atoms with E-state index in [9.17, 15) is 14.0 Å². The lowest BCUT2D eigenvalue weighted by atomic mass is 10.1. The molecular weight excluding hydrogens is 299 g/mol. The van der Waals surface area contributed by atoms with Crippen molar-refractivity contribution in [1.29, 1.82) is 0 Å². The molecule has 0 radical (unpaired) electrons. The van der Waals surface area contributed by atoms with Crippen LogP contribution in [0.3, 0.4) is 0 Å². The highest BCUT2D eigenvalue weighted by Crippen LogP contribution is 2.14. The molecule has 0 saturated carbocycles. The maximum Gasteiger partial charge on any atom is 0.243 e. The van der Waals surface area contributed by atoms with E-state index < -0.39 is 5.82 Å². The first kappa shape index (κ1) is 16.5. The van der Waals surface area contributed by atoms with Gasteiger partial charge in [0.1, 0.15) is 11.6 Å². The van der Waals surface area contributed by atoms with Gasteiger partial charge in [0.05, 0.1) is 20.1 Å². The van der Waals surface area contributed by atoms with E-state index in [0.717, 1.165) is 0 Å². The summed E-state index contributed by atoms with van der Waals surface area (Å²) in [6, 6.07) is 12.6. The molecule has 0 heterocycles. The van der Waals surface area contributed by atoms with E-state index in [4.69, 9.17) is 4.74 Å². The number of benzene rings is 2. The molecule has 6 heteroatoms. The second kappa shape index (κ2) is 7.93. The molecule has 120 valence electrons. The van der Waals surface area contributed by atoms with Crippen molar-refractivity contribution in [3.8, 4) is 5.75 Å². The van der Waals surface area contributed by atoms with Gasteiger partial charge in [0.25, 0.3) is 0 Å². The van der Waals surface area contributed by atoms with Crippen LogP contribution in [-0.2, 0) is 16.0 Å². The lowest BCUT2D eigenvalue weighted by Crippen LogP contribution is -2.33. The minimum atomic E-state index is -0.396. The van der Waals surface area contributed by atoms with E-state index in [2.05, 4.69) is 10.6 Å². The highest BCUT2D eigenvalue weighted by Gasteiger charge is 2.07. The van der Waals surface area contributed by atoms with Crippen LogP contribution in [0.5, 0.6) is 5.75 Å². The molecule has 2 N–H and O–H groups in total. The van der Waals surface area contributed by atoms with Crippen LogP contribution in [0.1, 0.15) is 5.56 Å². The number of anilines is 1. The normalized spacial score (nSPS) is 10.0. The lowest BCUT2D eigenvalue weighted by Gasteiger charge is -2.08. The highest BCUT2D eigenvalue weighted by atomic mass is 19.1. The summed E-state index contributed by atoms with van der Waals surface area (Å²) in [5, 5.41) is 5.15. The second-order valence-corrected chi connectivity index (χ2v) is 4.86. The summed E-state index contributed by atoms with van der Waals surface area (Å²) >= 11 is 0. The molecule has 5 nitrogen and oxygen atoms in total. The minimum Gasteiger partial charge on any atom is -0.497 e. The summed E-state index contributed by atoms with van der Waals surface area (Å²) in [5.41, 5.74) is 1.16. The van der Waals surface area contributed by atoms with Gasteiger partial charge in [-0.1, -0.05) is 12.1 Å². The first-order valence-electron chi connectivity index (χ1n) is 7.02. The Hall–Kier alpha value is -2.89. The predicted molar refractivity (Wildman–Crippen MR) is 84.7 cm³/mol. The summed E-state index contributed by atoms with van der Waals surface area (Å²) in [5.74, 6) is -0.401. The molecule has 2 aromatic rings. The van der Waals surface area contributed by atoms with Crippen LogP contribution in [0.15, 0.2) is 48.5 Å². The Morgan fingerprint density at radius 1 is 1.09 bits per heavy atom. The van der Waals surface area contributed by atoms with Gasteiger partial charge in [-0.15, -0.1) is 0 Å². The fourth-order valence-corrected chi connectivity index (χ4v) is 1.95. The number of halogens is 1. The zero-order chi connectivity index (χ0) is 16.7. The summed E-state index contributed by atoms with van der Waals surface area (Å²) in [4.78, 5) is 23.5. The topological polar surface area (TPSA) is 67.4 Å². The van der Waals surface area contributed by atoms with Crippen LogP contribution in [0.25, 0.3) is 0 Å². The number of hydrogen-bond acceptors (Lipinski definition) is 3. The molecule has 2 rings (SSSR count). The van der Waals surface area contributed by atoms with Gasteiger partial charge in [-0.25, -0.2) is 4.39 Å². The molecule has 0 unspecified atom stereocenters. The van der Waals surface area contributed by atoms with Gasteiger partial charge in [-0.05, 0) is 42.0 Å². The third-order valence-electron chi connectivity index (χ3n) is 3.07. The van der Waals surface area contributed by atoms with Crippen molar-refractivity contribution in [1.82, 2.24) is 5.32 Å². The van der Waals surface area contributed by atoms with E-state index in [1.165, 1.54) is 18.2 Å². The van der Waals surface area contributed by atoms with Gasteiger partial charge in [0.2, 0.25) is 11.8 Å². The molecule has 0 aliphatic rings. The third kappa shape index (κ3) is 5.43. The van der Waals surface area contributed by atoms with Crippen molar-refractivity contribution in [2.75, 3.05) is 19.0 Å². The lowest BCUT2D eigenvalue weighted by molar-refractivity contribution is -0.123. The van der Waals surface area contributed by atoms with E-state index in [0.29, 0.717) is 17.0 Å². The van der Waals surface area contributed by atoms with Crippen molar-refractivity contribution in [3.63, 3.8) is 0 Å². The molecule has 0 aliphatic carbocycles. The van der Waals surface area contributed by atoms with Crippen molar-refractivity contribution >= 4 is 17.5 Å². The van der Waals surface area contributed by atoms with Crippen LogP contribution in [0.2, 0.25) is 0 Å². The monoisotopic (exact) mass is 316 g/mol. The van der Waals surface area contributed by atoms with Crippen LogP contribution in [0.4, 0.5) is 10.1 Å². The summed E-state index contributed by atoms with van der Waals surface area (Å²) in [6.07, 6.45) is 0.0214. The fraction of sp³-hybridized carbons (Fsp3) is 0.176. The molecule has 0 spiro atoms. The highest BCUT2D eigenvalue weighted by molar-refractivity contribution is 5.94. The van der Waals surface area contributed by atoms with Crippen molar-refractivity contribution in [2.24, 2.45) is 0 Å². The van der Waals surface area contributed by atoms with E-state index in [-0.39, 0.29) is 24.8 Å². The first-order valence-corrected chi connectivity index (χ1v) is 7.02. The van der Waals surface area contributed by atoms with Crippen LogP contribution >= 0.6 is 0 Å². The quantitative estimate of drug-likeness (QED) is 0.858. The van der Waals surface area contributed by atoms with Gasteiger partial charge in [0.15, 0.2) is 0 Å². The van der Waals surface area contributed by atoms with Gasteiger partial charge in [0, 0.05) is 5.69 Å². The third-order valence-corrected chi connectivity index (χ3v) is 3.07. The Morgan fingerprint density at radius 3 is 2.48 bits per heavy atom. The van der Waals surface area contributed by atoms with E-state index in [1.807, 2.05) is 0 Å². The maximum atomic E-state index is 13.0. The van der Waals surface area contributed by atoms with Crippen molar-refractivity contribution in [3.05, 3.63) is 59.9 Å². The number of hydrogen-bond donors (Lipinski definition) is 2. The molecule has 0 saturated heterocycles. The van der Waals surface area contributed by atoms with E-state index >= 15 is 0 Å². The largest absolute Gasteiger partial charge is 0.497 e. The Kier molecular flexibility index (Phi) is 5.68. The number of carbonyl (C=O) groups is 2. The minimum absolute atomic E-state index is 0.0214. The average Bonchev–Trinajstić information content (AvgIpc) is 2.54. The first-order chi connectivity index (χ1) is 11.1. The number of nitrogens with one attached hydrogen (secondary N) is 2. The average molecular weight is 316 g/mol. The number of amides is 2. The Balaban J connectivity index is 1.78. The molecule has 0 fully saturated rings. The van der Waals surface area contributed by atoms with Gasteiger partial charge >= 0.3 is 0 Å². The van der Waals surface area contributed by atoms with Crippen molar-refractivity contribution < 1.29 is 18.7 Å². The van der Waals surface area contributed by atoms with Crippen LogP contribution < -0.4 is 15.4 Å². The molecule has 23 heavy (non-hydrogen) atoms. The smallest absolute Gasteiger partial charge is 0.243 e. The van der Waals surface area contributed by atoms with Crippen LogP contribution in [0, 0.1) is 5.82 Å². The summed E-state index contributed by atoms with van der Waals surface area (Å²) in [7, 11) is 1.56. The zero-order valence-electron chi connectivity index (χ0n) is 12.6. The zero-order valence-corrected chi connectivity index (χ0v) is 12.6. The fourth-order valence-electron chi connectivity index (χ4n) is 1.95.